The molecule has 0 spiro atoms. The molecule has 1 atom stereocenters. The minimum Gasteiger partial charge on any atom is -0.366 e. The van der Waals surface area contributed by atoms with Crippen LogP contribution in [0.4, 0.5) is 11.4 Å². The Morgan fingerprint density at radius 3 is 2.69 bits per heavy atom. The molecule has 0 aliphatic carbocycles. The molecule has 2 aromatic carbocycles. The maximum atomic E-state index is 6.62. The van der Waals surface area contributed by atoms with Crippen LogP contribution in [0, 0.1) is 6.92 Å². The fourth-order valence-electron chi connectivity index (χ4n) is 4.07. The normalized spacial score (nSPS) is 19.0. The predicted molar refractivity (Wildman–Crippen MR) is 118 cm³/mol. The molecule has 3 rings (SSSR count). The average molecular weight is 434 g/mol. The van der Waals surface area contributed by atoms with Crippen molar-refractivity contribution in [1.29, 1.82) is 0 Å². The van der Waals surface area contributed by atoms with Gasteiger partial charge in [0.05, 0.1) is 10.7 Å². The van der Waals surface area contributed by atoms with E-state index in [2.05, 4.69) is 78.6 Å². The number of anilines is 1. The average Bonchev–Trinajstić information content (AvgIpc) is 2.56. The van der Waals surface area contributed by atoms with Gasteiger partial charge < -0.3 is 4.90 Å². The lowest BCUT2D eigenvalue weighted by molar-refractivity contribution is 0.381. The van der Waals surface area contributed by atoms with Gasteiger partial charge in [0.25, 0.3) is 0 Å². The summed E-state index contributed by atoms with van der Waals surface area (Å²) in [6, 6.07) is 10.4. The minimum absolute atomic E-state index is 0.148. The van der Waals surface area contributed by atoms with E-state index >= 15 is 0 Å². The standard InChI is InChI=1S/C22H26BrClN2/c1-6-26-21-11-20(24)16(10-18(21)15(3)12-22(26,4)5)13-25-17-7-8-19(23)14(2)9-17/h7-11,13,15H,6,12H2,1-5H3. The van der Waals surface area contributed by atoms with Crippen LogP contribution in [-0.4, -0.2) is 18.3 Å². The summed E-state index contributed by atoms with van der Waals surface area (Å²) in [6.45, 7) is 12.2. The number of hydrogen-bond acceptors (Lipinski definition) is 2. The zero-order valence-electron chi connectivity index (χ0n) is 16.1. The van der Waals surface area contributed by atoms with Crippen LogP contribution in [-0.2, 0) is 0 Å². The quantitative estimate of drug-likeness (QED) is 0.464. The zero-order chi connectivity index (χ0) is 19.1. The van der Waals surface area contributed by atoms with Crippen molar-refractivity contribution in [2.75, 3.05) is 11.4 Å². The van der Waals surface area contributed by atoms with E-state index in [1.165, 1.54) is 16.8 Å². The summed E-state index contributed by atoms with van der Waals surface area (Å²) < 4.78 is 1.10. The highest BCUT2D eigenvalue weighted by atomic mass is 79.9. The van der Waals surface area contributed by atoms with E-state index < -0.39 is 0 Å². The number of fused-ring (bicyclic) bond motifs is 1. The number of hydrogen-bond donors (Lipinski definition) is 0. The highest BCUT2D eigenvalue weighted by molar-refractivity contribution is 9.10. The van der Waals surface area contributed by atoms with Crippen molar-refractivity contribution in [3.63, 3.8) is 0 Å². The van der Waals surface area contributed by atoms with Crippen LogP contribution in [0.25, 0.3) is 0 Å². The van der Waals surface area contributed by atoms with E-state index in [0.717, 1.165) is 33.7 Å². The maximum absolute atomic E-state index is 6.62. The summed E-state index contributed by atoms with van der Waals surface area (Å²) in [4.78, 5) is 7.10. The molecule has 0 bridgehead atoms. The Morgan fingerprint density at radius 2 is 2.04 bits per heavy atom. The number of rotatable bonds is 3. The Morgan fingerprint density at radius 1 is 1.31 bits per heavy atom. The summed E-state index contributed by atoms with van der Waals surface area (Å²) >= 11 is 10.2. The lowest BCUT2D eigenvalue weighted by Crippen LogP contribution is -2.48. The third kappa shape index (κ3) is 3.70. The van der Waals surface area contributed by atoms with Crippen LogP contribution >= 0.6 is 27.5 Å². The summed E-state index contributed by atoms with van der Waals surface area (Å²) in [5, 5.41) is 0.754. The molecule has 4 heteroatoms. The van der Waals surface area contributed by atoms with Gasteiger partial charge in [-0.3, -0.25) is 4.99 Å². The second-order valence-electron chi connectivity index (χ2n) is 7.79. The number of benzene rings is 2. The van der Waals surface area contributed by atoms with Gasteiger partial charge in [-0.2, -0.15) is 0 Å². The molecule has 0 amide bonds. The first-order valence-electron chi connectivity index (χ1n) is 9.14. The van der Waals surface area contributed by atoms with Gasteiger partial charge in [0.15, 0.2) is 0 Å². The number of aryl methyl sites for hydroxylation is 1. The fourth-order valence-corrected chi connectivity index (χ4v) is 4.52. The molecule has 0 aromatic heterocycles. The van der Waals surface area contributed by atoms with E-state index in [-0.39, 0.29) is 5.54 Å². The van der Waals surface area contributed by atoms with Crippen LogP contribution in [0.3, 0.4) is 0 Å². The Balaban J connectivity index is 1.99. The van der Waals surface area contributed by atoms with Crippen molar-refractivity contribution < 1.29 is 0 Å². The number of aliphatic imine (C=N–C) groups is 1. The zero-order valence-corrected chi connectivity index (χ0v) is 18.4. The Hall–Kier alpha value is -1.32. The molecule has 1 aliphatic heterocycles. The van der Waals surface area contributed by atoms with Crippen molar-refractivity contribution >= 4 is 45.1 Å². The molecule has 0 fully saturated rings. The lowest BCUT2D eigenvalue weighted by Gasteiger charge is -2.47. The number of nitrogens with zero attached hydrogens (tertiary/aromatic N) is 2. The molecule has 26 heavy (non-hydrogen) atoms. The Kier molecular flexibility index (Phi) is 5.50. The van der Waals surface area contributed by atoms with Crippen molar-refractivity contribution in [3.8, 4) is 0 Å². The third-order valence-corrected chi connectivity index (χ3v) is 6.53. The van der Waals surface area contributed by atoms with Gasteiger partial charge in [-0.15, -0.1) is 0 Å². The molecule has 0 radical (unpaired) electrons. The second kappa shape index (κ2) is 7.36. The lowest BCUT2D eigenvalue weighted by atomic mass is 9.79. The van der Waals surface area contributed by atoms with E-state index in [9.17, 15) is 0 Å². The SMILES string of the molecule is CCN1c2cc(Cl)c(C=Nc3ccc(Br)c(C)c3)cc2C(C)CC1(C)C. The smallest absolute Gasteiger partial charge is 0.0633 e. The topological polar surface area (TPSA) is 15.6 Å². The highest BCUT2D eigenvalue weighted by Crippen LogP contribution is 2.44. The third-order valence-electron chi connectivity index (χ3n) is 5.31. The summed E-state index contributed by atoms with van der Waals surface area (Å²) in [5.74, 6) is 0.502. The van der Waals surface area contributed by atoms with Crippen molar-refractivity contribution in [2.24, 2.45) is 4.99 Å². The van der Waals surface area contributed by atoms with Gasteiger partial charge in [0.2, 0.25) is 0 Å². The Bertz CT molecular complexity index is 857. The summed E-state index contributed by atoms with van der Waals surface area (Å²) in [6.07, 6.45) is 3.02. The van der Waals surface area contributed by atoms with Gasteiger partial charge in [-0.25, -0.2) is 0 Å². The van der Waals surface area contributed by atoms with Crippen LogP contribution in [0.1, 0.15) is 56.7 Å². The molecule has 138 valence electrons. The van der Waals surface area contributed by atoms with E-state index in [1.807, 2.05) is 18.3 Å². The van der Waals surface area contributed by atoms with Crippen LogP contribution in [0.2, 0.25) is 5.02 Å². The van der Waals surface area contributed by atoms with Crippen LogP contribution in [0.5, 0.6) is 0 Å². The molecule has 2 aromatic rings. The maximum Gasteiger partial charge on any atom is 0.0633 e. The summed E-state index contributed by atoms with van der Waals surface area (Å²) in [5.41, 5.74) is 5.86. The largest absolute Gasteiger partial charge is 0.366 e. The summed E-state index contributed by atoms with van der Waals surface area (Å²) in [7, 11) is 0. The molecular formula is C22H26BrClN2. The first-order valence-corrected chi connectivity index (χ1v) is 10.3. The van der Waals surface area contributed by atoms with Crippen molar-refractivity contribution in [3.05, 3.63) is 56.5 Å². The molecule has 0 saturated heterocycles. The van der Waals surface area contributed by atoms with E-state index in [4.69, 9.17) is 11.6 Å². The van der Waals surface area contributed by atoms with Crippen LogP contribution < -0.4 is 4.90 Å². The highest BCUT2D eigenvalue weighted by Gasteiger charge is 2.35. The Labute approximate surface area is 170 Å². The van der Waals surface area contributed by atoms with Crippen LogP contribution in [0.15, 0.2) is 39.8 Å². The van der Waals surface area contributed by atoms with Gasteiger partial charge in [0, 0.05) is 34.0 Å². The molecule has 1 unspecified atom stereocenters. The molecule has 1 heterocycles. The first-order chi connectivity index (χ1) is 12.2. The van der Waals surface area contributed by atoms with Gasteiger partial charge >= 0.3 is 0 Å². The molecule has 0 saturated carbocycles. The molecule has 0 N–H and O–H groups in total. The van der Waals surface area contributed by atoms with Gasteiger partial charge in [-0.1, -0.05) is 34.5 Å². The molecular weight excluding hydrogens is 408 g/mol. The van der Waals surface area contributed by atoms with E-state index in [1.54, 1.807) is 0 Å². The van der Waals surface area contributed by atoms with Crippen molar-refractivity contribution in [1.82, 2.24) is 0 Å². The number of halogens is 2. The first kappa shape index (κ1) is 19.4. The van der Waals surface area contributed by atoms with Gasteiger partial charge in [-0.05, 0) is 81.5 Å². The predicted octanol–water partition coefficient (Wildman–Crippen LogP) is 7.27. The second-order valence-corrected chi connectivity index (χ2v) is 9.05. The fraction of sp³-hybridized carbons (Fsp3) is 0.409. The monoisotopic (exact) mass is 432 g/mol. The van der Waals surface area contributed by atoms with Gasteiger partial charge in [0.1, 0.15) is 0 Å². The molecule has 1 aliphatic rings. The van der Waals surface area contributed by atoms with Crippen molar-refractivity contribution in [2.45, 2.75) is 52.5 Å². The van der Waals surface area contributed by atoms with E-state index in [0.29, 0.717) is 5.92 Å². The molecule has 2 nitrogen and oxygen atoms in total. The minimum atomic E-state index is 0.148.